The van der Waals surface area contributed by atoms with Gasteiger partial charge in [0.1, 0.15) is 0 Å². The third-order valence-corrected chi connectivity index (χ3v) is 11.6. The SMILES string of the molecule is CCOC[C@@H](NC(=O)N1Cc2c(NC(=O)C3([Si](C)(C)C)CCC3)n[nH]c2C1(C)C)c1ccccc1. The van der Waals surface area contributed by atoms with Crippen molar-refractivity contribution in [2.24, 2.45) is 0 Å². The number of aromatic nitrogens is 2. The minimum absolute atomic E-state index is 0.0822. The predicted molar refractivity (Wildman–Crippen MR) is 140 cm³/mol. The van der Waals surface area contributed by atoms with Crippen LogP contribution in [0.4, 0.5) is 10.6 Å². The van der Waals surface area contributed by atoms with Crippen molar-refractivity contribution in [3.63, 3.8) is 0 Å². The van der Waals surface area contributed by atoms with Crippen LogP contribution in [0.2, 0.25) is 24.7 Å². The summed E-state index contributed by atoms with van der Waals surface area (Å²) in [5.74, 6) is 0.630. The molecule has 1 aromatic heterocycles. The average Bonchev–Trinajstić information content (AvgIpc) is 3.27. The van der Waals surface area contributed by atoms with E-state index in [1.54, 1.807) is 4.90 Å². The first kappa shape index (κ1) is 25.4. The zero-order valence-corrected chi connectivity index (χ0v) is 22.8. The zero-order valence-electron chi connectivity index (χ0n) is 21.8. The molecule has 1 aromatic carbocycles. The summed E-state index contributed by atoms with van der Waals surface area (Å²) in [6.07, 6.45) is 2.99. The van der Waals surface area contributed by atoms with Crippen molar-refractivity contribution in [3.05, 3.63) is 47.2 Å². The van der Waals surface area contributed by atoms with Crippen LogP contribution in [0.1, 0.15) is 62.9 Å². The molecule has 2 heterocycles. The number of urea groups is 1. The molecule has 3 amide bonds. The molecule has 8 nitrogen and oxygen atoms in total. The van der Waals surface area contributed by atoms with Gasteiger partial charge in [0, 0.05) is 17.2 Å². The van der Waals surface area contributed by atoms with Gasteiger partial charge < -0.3 is 20.3 Å². The molecule has 1 aliphatic carbocycles. The predicted octanol–water partition coefficient (Wildman–Crippen LogP) is 5.15. The van der Waals surface area contributed by atoms with E-state index in [4.69, 9.17) is 4.74 Å². The topological polar surface area (TPSA) is 99.3 Å². The summed E-state index contributed by atoms with van der Waals surface area (Å²) in [4.78, 5) is 28.7. The van der Waals surface area contributed by atoms with Gasteiger partial charge in [0.05, 0.1) is 38.5 Å². The van der Waals surface area contributed by atoms with Gasteiger partial charge in [0.2, 0.25) is 5.91 Å². The highest BCUT2D eigenvalue weighted by atomic mass is 28.3. The molecule has 35 heavy (non-hydrogen) atoms. The van der Waals surface area contributed by atoms with Gasteiger partial charge in [-0.05, 0) is 39.2 Å². The lowest BCUT2D eigenvalue weighted by Gasteiger charge is -2.48. The number of rotatable bonds is 8. The smallest absolute Gasteiger partial charge is 0.319 e. The first-order chi connectivity index (χ1) is 16.5. The summed E-state index contributed by atoms with van der Waals surface area (Å²) in [5.41, 5.74) is 2.13. The molecule has 0 bridgehead atoms. The van der Waals surface area contributed by atoms with Crippen LogP contribution in [-0.2, 0) is 21.6 Å². The highest BCUT2D eigenvalue weighted by molar-refractivity contribution is 6.83. The van der Waals surface area contributed by atoms with Crippen LogP contribution in [0, 0.1) is 0 Å². The van der Waals surface area contributed by atoms with Crippen molar-refractivity contribution in [2.75, 3.05) is 18.5 Å². The molecule has 2 aliphatic rings. The number of aromatic amines is 1. The van der Waals surface area contributed by atoms with Crippen molar-refractivity contribution in [2.45, 2.75) is 82.8 Å². The highest BCUT2D eigenvalue weighted by Crippen LogP contribution is 2.56. The van der Waals surface area contributed by atoms with E-state index in [-0.39, 0.29) is 23.0 Å². The lowest BCUT2D eigenvalue weighted by Crippen LogP contribution is -2.52. The summed E-state index contributed by atoms with van der Waals surface area (Å²) in [7, 11) is -1.70. The van der Waals surface area contributed by atoms with Gasteiger partial charge in [-0.1, -0.05) is 56.4 Å². The van der Waals surface area contributed by atoms with Gasteiger partial charge in [0.25, 0.3) is 0 Å². The van der Waals surface area contributed by atoms with Crippen molar-refractivity contribution >= 4 is 25.8 Å². The van der Waals surface area contributed by atoms with Crippen molar-refractivity contribution in [3.8, 4) is 0 Å². The maximum Gasteiger partial charge on any atom is 0.319 e. The molecule has 0 spiro atoms. The number of amides is 3. The Morgan fingerprint density at radius 3 is 2.46 bits per heavy atom. The summed E-state index contributed by atoms with van der Waals surface area (Å²) in [6, 6.07) is 9.43. The Morgan fingerprint density at radius 1 is 1.20 bits per heavy atom. The minimum atomic E-state index is -1.70. The Labute approximate surface area is 209 Å². The Morgan fingerprint density at radius 2 is 1.89 bits per heavy atom. The standard InChI is InChI=1S/C26H39N5O3Si/c1-7-34-17-20(18-12-9-8-10-13-18)27-24(33)31-16-19-21(25(31,2)3)29-30-22(19)28-23(32)26(14-11-15-26)35(4,5)6/h8-10,12-13,20H,7,11,14-17H2,1-6H3,(H,27,33)(H2,28,29,30,32)/t20-/m1/s1. The number of fused-ring (bicyclic) bond motifs is 1. The van der Waals surface area contributed by atoms with E-state index >= 15 is 0 Å². The van der Waals surface area contributed by atoms with Crippen LogP contribution < -0.4 is 10.6 Å². The van der Waals surface area contributed by atoms with Crippen LogP contribution >= 0.6 is 0 Å². The Balaban J connectivity index is 1.52. The molecule has 1 saturated carbocycles. The molecule has 190 valence electrons. The molecular formula is C26H39N5O3Si. The van der Waals surface area contributed by atoms with E-state index in [2.05, 4.69) is 40.5 Å². The Bertz CT molecular complexity index is 1070. The first-order valence-electron chi connectivity index (χ1n) is 12.6. The quantitative estimate of drug-likeness (QED) is 0.439. The van der Waals surface area contributed by atoms with E-state index in [1.165, 1.54) is 0 Å². The summed E-state index contributed by atoms with van der Waals surface area (Å²) >= 11 is 0. The molecule has 4 rings (SSSR count). The van der Waals surface area contributed by atoms with Gasteiger partial charge in [-0.2, -0.15) is 5.10 Å². The maximum absolute atomic E-state index is 13.5. The van der Waals surface area contributed by atoms with Crippen LogP contribution in [0.15, 0.2) is 30.3 Å². The fourth-order valence-corrected chi connectivity index (χ4v) is 7.99. The number of carbonyl (C=O) groups is 2. The summed E-state index contributed by atoms with van der Waals surface area (Å²) in [6.45, 7) is 14.1. The van der Waals surface area contributed by atoms with E-state index in [0.29, 0.717) is 25.6 Å². The monoisotopic (exact) mass is 497 g/mol. The number of hydrogen-bond acceptors (Lipinski definition) is 4. The van der Waals surface area contributed by atoms with Crippen LogP contribution in [0.3, 0.4) is 0 Å². The molecule has 0 saturated heterocycles. The lowest BCUT2D eigenvalue weighted by molar-refractivity contribution is -0.121. The second-order valence-corrected chi connectivity index (χ2v) is 16.7. The van der Waals surface area contributed by atoms with Gasteiger partial charge >= 0.3 is 6.03 Å². The van der Waals surface area contributed by atoms with E-state index in [9.17, 15) is 9.59 Å². The second kappa shape index (κ2) is 9.42. The normalized spacial score (nSPS) is 19.0. The minimum Gasteiger partial charge on any atom is -0.379 e. The van der Waals surface area contributed by atoms with Gasteiger partial charge in [-0.15, -0.1) is 0 Å². The fourth-order valence-electron chi connectivity index (χ4n) is 5.39. The number of carbonyl (C=O) groups excluding carboxylic acids is 2. The van der Waals surface area contributed by atoms with Gasteiger partial charge in [0.15, 0.2) is 5.82 Å². The number of hydrogen-bond donors (Lipinski definition) is 3. The van der Waals surface area contributed by atoms with E-state index in [1.807, 2.05) is 51.1 Å². The molecule has 0 radical (unpaired) electrons. The molecular weight excluding hydrogens is 458 g/mol. The fraction of sp³-hybridized carbons (Fsp3) is 0.577. The van der Waals surface area contributed by atoms with Crippen LogP contribution in [-0.4, -0.2) is 48.3 Å². The highest BCUT2D eigenvalue weighted by Gasteiger charge is 2.54. The van der Waals surface area contributed by atoms with Crippen molar-refractivity contribution in [1.82, 2.24) is 20.4 Å². The van der Waals surface area contributed by atoms with Crippen molar-refractivity contribution in [1.29, 1.82) is 0 Å². The molecule has 0 unspecified atom stereocenters. The van der Waals surface area contributed by atoms with E-state index in [0.717, 1.165) is 36.1 Å². The molecule has 1 aliphatic heterocycles. The number of H-pyrrole nitrogens is 1. The largest absolute Gasteiger partial charge is 0.379 e. The number of anilines is 1. The Kier molecular flexibility index (Phi) is 6.85. The van der Waals surface area contributed by atoms with Crippen molar-refractivity contribution < 1.29 is 14.3 Å². The van der Waals surface area contributed by atoms with Crippen LogP contribution in [0.5, 0.6) is 0 Å². The van der Waals surface area contributed by atoms with E-state index < -0.39 is 13.6 Å². The molecule has 3 N–H and O–H groups in total. The van der Waals surface area contributed by atoms with Gasteiger partial charge in [-0.3, -0.25) is 9.89 Å². The Hall–Kier alpha value is -2.65. The van der Waals surface area contributed by atoms with Crippen LogP contribution in [0.25, 0.3) is 0 Å². The lowest BCUT2D eigenvalue weighted by atomic mass is 9.83. The molecule has 2 aromatic rings. The first-order valence-corrected chi connectivity index (χ1v) is 16.1. The molecule has 1 fully saturated rings. The molecule has 1 atom stereocenters. The number of nitrogens with zero attached hydrogens (tertiary/aromatic N) is 2. The number of nitrogens with one attached hydrogen (secondary N) is 3. The summed E-state index contributed by atoms with van der Waals surface area (Å²) in [5, 5.41) is 13.6. The number of ether oxygens (including phenoxy) is 1. The maximum atomic E-state index is 13.5. The number of benzene rings is 1. The second-order valence-electron chi connectivity index (χ2n) is 11.3. The third-order valence-electron chi connectivity index (χ3n) is 8.01. The summed E-state index contributed by atoms with van der Waals surface area (Å²) < 4.78 is 5.66. The third kappa shape index (κ3) is 4.51. The zero-order chi connectivity index (χ0) is 25.4. The molecule has 9 heteroatoms. The van der Waals surface area contributed by atoms with Gasteiger partial charge in [-0.25, -0.2) is 4.79 Å². The average molecular weight is 498 g/mol.